The van der Waals surface area contributed by atoms with E-state index in [4.69, 9.17) is 9.31 Å². The molecule has 0 radical (unpaired) electrons. The van der Waals surface area contributed by atoms with Gasteiger partial charge in [0.25, 0.3) is 0 Å². The van der Waals surface area contributed by atoms with Gasteiger partial charge in [0, 0.05) is 18.2 Å². The second kappa shape index (κ2) is 4.93. The Morgan fingerprint density at radius 3 is 2.35 bits per heavy atom. The van der Waals surface area contributed by atoms with Crippen LogP contribution in [0.2, 0.25) is 0 Å². The average Bonchev–Trinajstić information content (AvgIpc) is 2.50. The van der Waals surface area contributed by atoms with E-state index in [2.05, 4.69) is 4.98 Å². The molecule has 2 rings (SSSR count). The second-order valence-electron chi connectivity index (χ2n) is 6.12. The van der Waals surface area contributed by atoms with Crippen molar-refractivity contribution in [2.24, 2.45) is 0 Å². The smallest absolute Gasteiger partial charge is 0.398 e. The van der Waals surface area contributed by atoms with Crippen molar-refractivity contribution in [2.75, 3.05) is 0 Å². The van der Waals surface area contributed by atoms with E-state index in [-0.39, 0.29) is 17.8 Å². The minimum absolute atomic E-state index is 0.0148. The topological polar surface area (TPSA) is 48.4 Å². The van der Waals surface area contributed by atoms with Crippen LogP contribution in [0.25, 0.3) is 0 Å². The molecule has 1 saturated heterocycles. The Kier molecular flexibility index (Phi) is 3.73. The van der Waals surface area contributed by atoms with Crippen LogP contribution in [-0.4, -0.2) is 29.1 Å². The fourth-order valence-corrected chi connectivity index (χ4v) is 2.07. The van der Waals surface area contributed by atoms with E-state index in [0.717, 1.165) is 0 Å². The van der Waals surface area contributed by atoms with Crippen molar-refractivity contribution in [3.05, 3.63) is 23.6 Å². The van der Waals surface area contributed by atoms with Crippen molar-refractivity contribution in [1.82, 2.24) is 4.98 Å². The molecule has 4 nitrogen and oxygen atoms in total. The zero-order chi connectivity index (χ0) is 15.1. The van der Waals surface area contributed by atoms with Crippen LogP contribution >= 0.6 is 0 Å². The van der Waals surface area contributed by atoms with Gasteiger partial charge >= 0.3 is 7.12 Å². The number of nitrogens with zero attached hydrogens (tertiary/aromatic N) is 1. The zero-order valence-corrected chi connectivity index (χ0v) is 12.5. The minimum Gasteiger partial charge on any atom is -0.398 e. The third-order valence-corrected chi connectivity index (χ3v) is 3.93. The van der Waals surface area contributed by atoms with Gasteiger partial charge in [-0.1, -0.05) is 0 Å². The van der Waals surface area contributed by atoms with Crippen molar-refractivity contribution < 1.29 is 18.5 Å². The van der Waals surface area contributed by atoms with Crippen LogP contribution < -0.4 is 5.59 Å². The monoisotopic (exact) mass is 279 g/mol. The number of pyridine rings is 1. The molecule has 1 aliphatic rings. The van der Waals surface area contributed by atoms with Crippen molar-refractivity contribution in [2.45, 2.75) is 52.2 Å². The molecule has 2 heterocycles. The second-order valence-corrected chi connectivity index (χ2v) is 6.12. The number of hydrogen-bond acceptors (Lipinski definition) is 4. The Morgan fingerprint density at radius 2 is 1.85 bits per heavy atom. The van der Waals surface area contributed by atoms with Gasteiger partial charge in [-0.2, -0.15) is 0 Å². The van der Waals surface area contributed by atoms with Crippen LogP contribution in [0, 0.1) is 5.82 Å². The third kappa shape index (κ3) is 2.62. The SMILES string of the molecule is CC(=O)Cc1c(F)ccnc1B1OC(C)(C)C(C)(C)O1. The van der Waals surface area contributed by atoms with Crippen LogP contribution in [0.1, 0.15) is 40.2 Å². The van der Waals surface area contributed by atoms with Gasteiger partial charge in [0.15, 0.2) is 0 Å². The maximum absolute atomic E-state index is 13.9. The van der Waals surface area contributed by atoms with E-state index >= 15 is 0 Å². The number of ketones is 1. The Bertz CT molecular complexity index is 529. The molecule has 1 fully saturated rings. The first kappa shape index (κ1) is 15.1. The Balaban J connectivity index is 2.40. The van der Waals surface area contributed by atoms with Gasteiger partial charge in [0.2, 0.25) is 0 Å². The number of rotatable bonds is 3. The highest BCUT2D eigenvalue weighted by Crippen LogP contribution is 2.36. The molecule has 6 heteroatoms. The molecule has 0 aliphatic carbocycles. The van der Waals surface area contributed by atoms with Gasteiger partial charge in [-0.15, -0.1) is 0 Å². The van der Waals surface area contributed by atoms with E-state index < -0.39 is 24.1 Å². The lowest BCUT2D eigenvalue weighted by Gasteiger charge is -2.32. The zero-order valence-electron chi connectivity index (χ0n) is 12.5. The molecule has 0 atom stereocenters. The minimum atomic E-state index is -0.759. The summed E-state index contributed by atoms with van der Waals surface area (Å²) in [7, 11) is -0.759. The van der Waals surface area contributed by atoms with Crippen LogP contribution in [0.15, 0.2) is 12.3 Å². The van der Waals surface area contributed by atoms with Gasteiger partial charge in [-0.3, -0.25) is 9.78 Å². The lowest BCUT2D eigenvalue weighted by Crippen LogP contribution is -2.41. The van der Waals surface area contributed by atoms with E-state index in [1.54, 1.807) is 0 Å². The number of hydrogen-bond donors (Lipinski definition) is 0. The molecule has 0 bridgehead atoms. The fourth-order valence-electron chi connectivity index (χ4n) is 2.07. The molecule has 0 N–H and O–H groups in total. The maximum atomic E-state index is 13.9. The Labute approximate surface area is 118 Å². The summed E-state index contributed by atoms with van der Waals surface area (Å²) in [4.78, 5) is 15.5. The maximum Gasteiger partial charge on any atom is 0.514 e. The molecule has 0 spiro atoms. The number of halogens is 1. The van der Waals surface area contributed by atoms with Crippen LogP contribution in [0.5, 0.6) is 0 Å². The van der Waals surface area contributed by atoms with Gasteiger partial charge < -0.3 is 9.31 Å². The van der Waals surface area contributed by atoms with Crippen LogP contribution in [-0.2, 0) is 20.5 Å². The molecule has 108 valence electrons. The van der Waals surface area contributed by atoms with Gasteiger partial charge in [-0.25, -0.2) is 4.39 Å². The third-order valence-electron chi connectivity index (χ3n) is 3.93. The lowest BCUT2D eigenvalue weighted by atomic mass is 9.79. The summed E-state index contributed by atoms with van der Waals surface area (Å²) in [5, 5.41) is 0. The lowest BCUT2D eigenvalue weighted by molar-refractivity contribution is -0.116. The molecule has 1 aromatic rings. The van der Waals surface area contributed by atoms with Crippen LogP contribution in [0.4, 0.5) is 4.39 Å². The summed E-state index contributed by atoms with van der Waals surface area (Å²) in [5.41, 5.74) is -0.462. The Hall–Kier alpha value is -1.27. The normalized spacial score (nSPS) is 20.2. The van der Waals surface area contributed by atoms with Crippen LogP contribution in [0.3, 0.4) is 0 Å². The van der Waals surface area contributed by atoms with Gasteiger partial charge in [0.1, 0.15) is 11.6 Å². The molecule has 0 saturated carbocycles. The average molecular weight is 279 g/mol. The quantitative estimate of drug-likeness (QED) is 0.789. The molecular weight excluding hydrogens is 260 g/mol. The van der Waals surface area contributed by atoms with Crippen molar-refractivity contribution in [1.29, 1.82) is 0 Å². The van der Waals surface area contributed by atoms with E-state index in [1.165, 1.54) is 19.2 Å². The van der Waals surface area contributed by atoms with E-state index in [1.807, 2.05) is 27.7 Å². The highest BCUT2D eigenvalue weighted by Gasteiger charge is 2.53. The number of aromatic nitrogens is 1. The molecular formula is C14H19BFNO3. The summed E-state index contributed by atoms with van der Waals surface area (Å²) in [6.07, 6.45) is 1.35. The van der Waals surface area contributed by atoms with E-state index in [0.29, 0.717) is 5.59 Å². The molecule has 20 heavy (non-hydrogen) atoms. The first-order valence-corrected chi connectivity index (χ1v) is 6.62. The number of carbonyl (C=O) groups excluding carboxylic acids is 1. The van der Waals surface area contributed by atoms with Gasteiger partial charge in [-0.05, 0) is 40.7 Å². The van der Waals surface area contributed by atoms with Crippen molar-refractivity contribution >= 4 is 18.5 Å². The summed E-state index contributed by atoms with van der Waals surface area (Å²) >= 11 is 0. The summed E-state index contributed by atoms with van der Waals surface area (Å²) in [6.45, 7) is 9.07. The van der Waals surface area contributed by atoms with Gasteiger partial charge in [0.05, 0.1) is 16.8 Å². The fraction of sp³-hybridized carbons (Fsp3) is 0.571. The van der Waals surface area contributed by atoms with Crippen molar-refractivity contribution in [3.8, 4) is 0 Å². The summed E-state index contributed by atoms with van der Waals surface area (Å²) in [6, 6.07) is 1.24. The molecule has 0 aromatic carbocycles. The number of carbonyl (C=O) groups is 1. The highest BCUT2D eigenvalue weighted by atomic mass is 19.1. The van der Waals surface area contributed by atoms with Crippen molar-refractivity contribution in [3.63, 3.8) is 0 Å². The molecule has 0 unspecified atom stereocenters. The van der Waals surface area contributed by atoms with E-state index in [9.17, 15) is 9.18 Å². The first-order chi connectivity index (χ1) is 9.14. The number of Topliss-reactive ketones (excluding diaryl/α,β-unsaturated/α-hetero) is 1. The molecule has 1 aromatic heterocycles. The standard InChI is InChI=1S/C14H19BFNO3/c1-9(18)8-10-11(16)6-7-17-12(10)15-19-13(2,3)14(4,5)20-15/h6-7H,8H2,1-5H3. The molecule has 0 amide bonds. The predicted molar refractivity (Wildman–Crippen MR) is 74.3 cm³/mol. The Morgan fingerprint density at radius 1 is 1.30 bits per heavy atom. The first-order valence-electron chi connectivity index (χ1n) is 6.62. The molecule has 1 aliphatic heterocycles. The highest BCUT2D eigenvalue weighted by molar-refractivity contribution is 6.61. The summed E-state index contributed by atoms with van der Waals surface area (Å²) in [5.74, 6) is -0.588. The summed E-state index contributed by atoms with van der Waals surface area (Å²) < 4.78 is 25.7. The largest absolute Gasteiger partial charge is 0.514 e. The predicted octanol–water partition coefficient (Wildman–Crippen LogP) is 1.65.